The van der Waals surface area contributed by atoms with Crippen LogP contribution >= 0.6 is 15.9 Å². The van der Waals surface area contributed by atoms with Crippen LogP contribution in [0.15, 0.2) is 71.2 Å². The first-order valence-corrected chi connectivity index (χ1v) is 15.1. The summed E-state index contributed by atoms with van der Waals surface area (Å²) in [7, 11) is 3.08. The number of ether oxygens (including phenoxy) is 2. The Hall–Kier alpha value is -3.52. The van der Waals surface area contributed by atoms with E-state index in [4.69, 9.17) is 9.47 Å². The van der Waals surface area contributed by atoms with Crippen LogP contribution in [0.1, 0.15) is 73.0 Å². The van der Waals surface area contributed by atoms with Crippen molar-refractivity contribution in [3.05, 3.63) is 87.9 Å². The van der Waals surface area contributed by atoms with Gasteiger partial charge in [-0.05, 0) is 80.7 Å². The molecule has 5 rings (SSSR count). The number of urea groups is 1. The maximum absolute atomic E-state index is 13.9. The van der Waals surface area contributed by atoms with E-state index in [1.165, 1.54) is 5.56 Å². The van der Waals surface area contributed by atoms with Gasteiger partial charge in [0.25, 0.3) is 5.91 Å². The topological polar surface area (TPSA) is 79.9 Å². The first-order valence-electron chi connectivity index (χ1n) is 14.3. The van der Waals surface area contributed by atoms with E-state index in [1.807, 2.05) is 47.4 Å². The Bertz CT molecular complexity index is 1390. The van der Waals surface area contributed by atoms with Crippen molar-refractivity contribution in [3.63, 3.8) is 0 Å². The highest BCUT2D eigenvalue weighted by atomic mass is 79.9. The number of benzene rings is 3. The van der Waals surface area contributed by atoms with Gasteiger partial charge in [0, 0.05) is 22.6 Å². The maximum Gasteiger partial charge on any atom is 0.319 e. The Balaban J connectivity index is 1.42. The summed E-state index contributed by atoms with van der Waals surface area (Å²) in [5, 5.41) is 6.22. The number of nitrogens with one attached hydrogen (secondary N) is 2. The average molecular weight is 621 g/mol. The highest BCUT2D eigenvalue weighted by Crippen LogP contribution is 2.54. The number of hydrogen-bond donors (Lipinski definition) is 2. The highest BCUT2D eigenvalue weighted by molar-refractivity contribution is 9.10. The van der Waals surface area contributed by atoms with Gasteiger partial charge in [-0.25, -0.2) is 4.79 Å². The third kappa shape index (κ3) is 6.38. The zero-order valence-electron chi connectivity index (χ0n) is 24.0. The molecule has 0 aromatic heterocycles. The second-order valence-corrected chi connectivity index (χ2v) is 12.1. The van der Waals surface area contributed by atoms with Crippen LogP contribution in [0.2, 0.25) is 0 Å². The lowest BCUT2D eigenvalue weighted by molar-refractivity contribution is 0.0511. The Kier molecular flexibility index (Phi) is 8.88. The number of nitrogens with zero attached hydrogens (tertiary/aromatic N) is 1. The number of carbonyl (C=O) groups is 2. The molecule has 3 aromatic carbocycles. The number of methoxy groups -OCH3 is 2. The van der Waals surface area contributed by atoms with Crippen molar-refractivity contribution in [2.45, 2.75) is 63.6 Å². The monoisotopic (exact) mass is 619 g/mol. The number of rotatable bonds is 8. The van der Waals surface area contributed by atoms with Gasteiger partial charge in [0.05, 0.1) is 31.5 Å². The van der Waals surface area contributed by atoms with E-state index in [0.29, 0.717) is 28.7 Å². The van der Waals surface area contributed by atoms with Crippen molar-refractivity contribution >= 4 is 33.6 Å². The van der Waals surface area contributed by atoms with Crippen LogP contribution in [0.4, 0.5) is 10.5 Å². The van der Waals surface area contributed by atoms with E-state index in [1.54, 1.807) is 26.4 Å². The van der Waals surface area contributed by atoms with Crippen molar-refractivity contribution in [1.82, 2.24) is 10.2 Å². The molecule has 3 aromatic rings. The molecule has 1 saturated carbocycles. The lowest BCUT2D eigenvalue weighted by Gasteiger charge is -2.39. The zero-order valence-corrected chi connectivity index (χ0v) is 25.6. The molecule has 7 nitrogen and oxygen atoms in total. The van der Waals surface area contributed by atoms with Crippen LogP contribution in [0.3, 0.4) is 0 Å². The molecule has 1 heterocycles. The predicted octanol–water partition coefficient (Wildman–Crippen LogP) is 7.54. The lowest BCUT2D eigenvalue weighted by atomic mass is 9.96. The van der Waals surface area contributed by atoms with Crippen LogP contribution in [0, 0.1) is 5.92 Å². The maximum atomic E-state index is 13.9. The molecule has 41 heavy (non-hydrogen) atoms. The van der Waals surface area contributed by atoms with E-state index < -0.39 is 0 Å². The quantitative estimate of drug-likeness (QED) is 0.273. The number of piperidine rings is 1. The Morgan fingerprint density at radius 1 is 0.927 bits per heavy atom. The normalized spacial score (nSPS) is 22.4. The molecule has 216 valence electrons. The number of hydrogen-bond acceptors (Lipinski definition) is 4. The largest absolute Gasteiger partial charge is 0.493 e. The third-order valence-electron chi connectivity index (χ3n) is 8.42. The van der Waals surface area contributed by atoms with Crippen LogP contribution < -0.4 is 20.1 Å². The van der Waals surface area contributed by atoms with Gasteiger partial charge in [0.15, 0.2) is 11.5 Å². The first kappa shape index (κ1) is 29.0. The number of carbonyl (C=O) groups excluding carboxylic acids is 2. The van der Waals surface area contributed by atoms with E-state index >= 15 is 0 Å². The number of likely N-dealkylation sites (tertiary alicyclic amines) is 1. The lowest BCUT2D eigenvalue weighted by Crippen LogP contribution is -2.47. The van der Waals surface area contributed by atoms with Gasteiger partial charge in [0.2, 0.25) is 0 Å². The summed E-state index contributed by atoms with van der Waals surface area (Å²) in [6.45, 7) is 4.16. The second kappa shape index (κ2) is 12.6. The summed E-state index contributed by atoms with van der Waals surface area (Å²) in [6.07, 6.45) is 3.97. The molecular weight excluding hydrogens is 582 g/mol. The van der Waals surface area contributed by atoms with Gasteiger partial charge in [-0.2, -0.15) is 0 Å². The number of amides is 3. The van der Waals surface area contributed by atoms with E-state index in [2.05, 4.69) is 52.5 Å². The summed E-state index contributed by atoms with van der Waals surface area (Å²) in [6, 6.07) is 21.4. The average Bonchev–Trinajstić information content (AvgIpc) is 3.77. The van der Waals surface area contributed by atoms with Crippen molar-refractivity contribution in [1.29, 1.82) is 0 Å². The second-order valence-electron chi connectivity index (χ2n) is 11.1. The summed E-state index contributed by atoms with van der Waals surface area (Å²) >= 11 is 3.58. The van der Waals surface area contributed by atoms with E-state index in [-0.39, 0.29) is 36.0 Å². The molecule has 0 bridgehead atoms. The molecule has 0 radical (unpaired) electrons. The summed E-state index contributed by atoms with van der Waals surface area (Å²) in [5.74, 6) is 1.35. The van der Waals surface area contributed by atoms with Crippen LogP contribution in [-0.2, 0) is 0 Å². The standard InChI is InChI=1S/C33H38BrN3O4/c1-20-10-8-11-21(2)37(20)32(38)27-18-29(40-3)30(41-4)19-28(27)35-33(39)36-31(22-12-6-5-7-13-22)26-17-25(26)23-14-9-15-24(34)16-23/h5-7,9,12-16,18-21,25-26,31H,8,10-11,17H2,1-4H3,(H2,35,36,39). The van der Waals surface area contributed by atoms with Gasteiger partial charge >= 0.3 is 6.03 Å². The van der Waals surface area contributed by atoms with Crippen LogP contribution in [0.5, 0.6) is 11.5 Å². The molecule has 2 fully saturated rings. The van der Waals surface area contributed by atoms with Gasteiger partial charge in [-0.1, -0.05) is 58.4 Å². The van der Waals surface area contributed by atoms with Gasteiger partial charge < -0.3 is 25.0 Å². The fraction of sp³-hybridized carbons (Fsp3) is 0.394. The molecule has 1 aliphatic carbocycles. The SMILES string of the molecule is COc1cc(NC(=O)NC(c2ccccc2)C2CC2c2cccc(Br)c2)c(C(=O)N2C(C)CCCC2C)cc1OC. The van der Waals surface area contributed by atoms with Gasteiger partial charge in [0.1, 0.15) is 0 Å². The van der Waals surface area contributed by atoms with E-state index in [9.17, 15) is 9.59 Å². The fourth-order valence-electron chi connectivity index (χ4n) is 6.22. The minimum atomic E-state index is -0.375. The molecule has 5 unspecified atom stereocenters. The molecule has 1 aliphatic heterocycles. The van der Waals surface area contributed by atoms with Crippen molar-refractivity contribution in [2.75, 3.05) is 19.5 Å². The van der Waals surface area contributed by atoms with Crippen molar-refractivity contribution < 1.29 is 19.1 Å². The Labute approximate surface area is 250 Å². The minimum absolute atomic E-state index is 0.105. The number of anilines is 1. The van der Waals surface area contributed by atoms with Gasteiger partial charge in [-0.3, -0.25) is 4.79 Å². The molecule has 2 N–H and O–H groups in total. The predicted molar refractivity (Wildman–Crippen MR) is 165 cm³/mol. The molecule has 2 aliphatic rings. The van der Waals surface area contributed by atoms with Gasteiger partial charge in [-0.15, -0.1) is 0 Å². The zero-order chi connectivity index (χ0) is 29.1. The first-order chi connectivity index (χ1) is 19.8. The molecular formula is C33H38BrN3O4. The Morgan fingerprint density at radius 3 is 2.27 bits per heavy atom. The molecule has 8 heteroatoms. The Morgan fingerprint density at radius 2 is 1.61 bits per heavy atom. The summed E-state index contributed by atoms with van der Waals surface area (Å²) in [4.78, 5) is 29.5. The van der Waals surface area contributed by atoms with Crippen molar-refractivity contribution in [3.8, 4) is 11.5 Å². The minimum Gasteiger partial charge on any atom is -0.493 e. The van der Waals surface area contributed by atoms with Crippen LogP contribution in [0.25, 0.3) is 0 Å². The summed E-state index contributed by atoms with van der Waals surface area (Å²) in [5.41, 5.74) is 3.07. The number of halogens is 1. The molecule has 0 spiro atoms. The molecule has 5 atom stereocenters. The smallest absolute Gasteiger partial charge is 0.319 e. The molecule has 3 amide bonds. The third-order valence-corrected chi connectivity index (χ3v) is 8.91. The fourth-order valence-corrected chi connectivity index (χ4v) is 6.64. The summed E-state index contributed by atoms with van der Waals surface area (Å²) < 4.78 is 12.1. The van der Waals surface area contributed by atoms with Crippen LogP contribution in [-0.4, -0.2) is 43.1 Å². The highest BCUT2D eigenvalue weighted by Gasteiger charge is 2.45. The molecule has 1 saturated heterocycles. The van der Waals surface area contributed by atoms with Crippen molar-refractivity contribution in [2.24, 2.45) is 5.92 Å². The van der Waals surface area contributed by atoms with E-state index in [0.717, 1.165) is 35.7 Å².